The number of aryl methyl sites for hydroxylation is 1. The zero-order valence-electron chi connectivity index (χ0n) is 12.3. The molecule has 5 heteroatoms. The van der Waals surface area contributed by atoms with Crippen molar-refractivity contribution in [3.63, 3.8) is 0 Å². The van der Waals surface area contributed by atoms with Gasteiger partial charge in [-0.2, -0.15) is 5.10 Å². The Kier molecular flexibility index (Phi) is 3.75. The number of hydrogen-bond acceptors (Lipinski definition) is 3. The molecule has 0 aliphatic carbocycles. The van der Waals surface area contributed by atoms with Gasteiger partial charge in [0.25, 0.3) is 5.91 Å². The van der Waals surface area contributed by atoms with Crippen molar-refractivity contribution in [2.75, 3.05) is 6.61 Å². The molecule has 1 aliphatic heterocycles. The largest absolute Gasteiger partial charge is 0.377 e. The van der Waals surface area contributed by atoms with Gasteiger partial charge in [0.1, 0.15) is 0 Å². The molecule has 0 radical (unpaired) electrons. The van der Waals surface area contributed by atoms with Crippen molar-refractivity contribution in [1.82, 2.24) is 15.1 Å². The molecule has 0 spiro atoms. The third-order valence-electron chi connectivity index (χ3n) is 3.68. The van der Waals surface area contributed by atoms with Crippen LogP contribution in [0.1, 0.15) is 34.8 Å². The van der Waals surface area contributed by atoms with Crippen molar-refractivity contribution in [2.45, 2.75) is 26.5 Å². The van der Waals surface area contributed by atoms with E-state index < -0.39 is 0 Å². The van der Waals surface area contributed by atoms with Crippen LogP contribution in [0.2, 0.25) is 0 Å². The molecule has 0 saturated heterocycles. The van der Waals surface area contributed by atoms with Crippen LogP contribution in [0.15, 0.2) is 24.4 Å². The van der Waals surface area contributed by atoms with Gasteiger partial charge >= 0.3 is 0 Å². The minimum atomic E-state index is 0.00746. The van der Waals surface area contributed by atoms with Crippen LogP contribution in [0.4, 0.5) is 0 Å². The Bertz CT molecular complexity index is 676. The first-order valence-corrected chi connectivity index (χ1v) is 7.20. The highest BCUT2D eigenvalue weighted by Crippen LogP contribution is 2.27. The number of nitrogens with one attached hydrogen (secondary N) is 1. The van der Waals surface area contributed by atoms with Crippen LogP contribution >= 0.6 is 0 Å². The van der Waals surface area contributed by atoms with Gasteiger partial charge in [0.05, 0.1) is 18.5 Å². The maximum atomic E-state index is 11.6. The second-order valence-corrected chi connectivity index (χ2v) is 5.25. The van der Waals surface area contributed by atoms with E-state index in [1.165, 1.54) is 0 Å². The monoisotopic (exact) mass is 285 g/mol. The van der Waals surface area contributed by atoms with Crippen LogP contribution in [-0.2, 0) is 24.9 Å². The molecule has 5 nitrogen and oxygen atoms in total. The number of rotatable bonds is 5. The van der Waals surface area contributed by atoms with E-state index in [1.54, 1.807) is 0 Å². The number of ether oxygens (including phenoxy) is 1. The summed E-state index contributed by atoms with van der Waals surface area (Å²) in [6, 6.07) is 5.92. The lowest BCUT2D eigenvalue weighted by Gasteiger charge is -2.08. The van der Waals surface area contributed by atoms with Crippen molar-refractivity contribution in [1.29, 1.82) is 0 Å². The number of hydrogen-bond donors (Lipinski definition) is 1. The molecule has 21 heavy (non-hydrogen) atoms. The van der Waals surface area contributed by atoms with Crippen LogP contribution in [0, 0.1) is 0 Å². The summed E-state index contributed by atoms with van der Waals surface area (Å²) in [5.41, 5.74) is 5.00. The molecule has 0 bridgehead atoms. The summed E-state index contributed by atoms with van der Waals surface area (Å²) in [4.78, 5) is 11.6. The number of carbonyl (C=O) groups is 1. The number of aromatic nitrogens is 2. The third-order valence-corrected chi connectivity index (χ3v) is 3.68. The molecule has 1 N–H and O–H groups in total. The van der Waals surface area contributed by atoms with E-state index in [-0.39, 0.29) is 5.91 Å². The average Bonchev–Trinajstić information content (AvgIpc) is 3.03. The molecule has 1 aromatic carbocycles. The Hall–Kier alpha value is -2.14. The number of fused-ring (bicyclic) bond motifs is 1. The molecule has 0 fully saturated rings. The lowest BCUT2D eigenvalue weighted by molar-refractivity contribution is 0.0966. The SMILES string of the molecule is CCCOCc1cnn(C)c1-c1ccc2c(c1)CNC2=O. The first kappa shape index (κ1) is 13.8. The van der Waals surface area contributed by atoms with Gasteiger partial charge in [-0.05, 0) is 24.1 Å². The maximum Gasteiger partial charge on any atom is 0.251 e. The van der Waals surface area contributed by atoms with Crippen LogP contribution in [-0.4, -0.2) is 22.3 Å². The molecule has 110 valence electrons. The third kappa shape index (κ3) is 2.56. The van der Waals surface area contributed by atoms with Gasteiger partial charge in [-0.1, -0.05) is 13.0 Å². The molecule has 2 heterocycles. The summed E-state index contributed by atoms with van der Waals surface area (Å²) < 4.78 is 7.49. The zero-order valence-corrected chi connectivity index (χ0v) is 12.3. The molecule has 0 saturated carbocycles. The lowest BCUT2D eigenvalue weighted by Crippen LogP contribution is -2.12. The molecule has 3 rings (SSSR count). The highest BCUT2D eigenvalue weighted by Gasteiger charge is 2.20. The first-order valence-electron chi connectivity index (χ1n) is 7.20. The minimum Gasteiger partial charge on any atom is -0.377 e. The highest BCUT2D eigenvalue weighted by atomic mass is 16.5. The minimum absolute atomic E-state index is 0.00746. The fourth-order valence-electron chi connectivity index (χ4n) is 2.67. The second-order valence-electron chi connectivity index (χ2n) is 5.25. The summed E-state index contributed by atoms with van der Waals surface area (Å²) >= 11 is 0. The topological polar surface area (TPSA) is 56.1 Å². The molecule has 2 aromatic rings. The first-order chi connectivity index (χ1) is 10.2. The smallest absolute Gasteiger partial charge is 0.251 e. The molecule has 0 unspecified atom stereocenters. The van der Waals surface area contributed by atoms with E-state index in [2.05, 4.69) is 23.4 Å². The molecule has 0 atom stereocenters. The van der Waals surface area contributed by atoms with Gasteiger partial charge in [0.15, 0.2) is 0 Å². The number of benzene rings is 1. The maximum absolute atomic E-state index is 11.6. The van der Waals surface area contributed by atoms with Crippen molar-refractivity contribution in [2.24, 2.45) is 7.05 Å². The molecule has 1 aliphatic rings. The number of amides is 1. The Morgan fingerprint density at radius 3 is 3.10 bits per heavy atom. The molecular weight excluding hydrogens is 266 g/mol. The fraction of sp³-hybridized carbons (Fsp3) is 0.375. The Morgan fingerprint density at radius 2 is 2.29 bits per heavy atom. The van der Waals surface area contributed by atoms with Crippen LogP contribution < -0.4 is 5.32 Å². The molecule has 1 aromatic heterocycles. The van der Waals surface area contributed by atoms with E-state index in [0.717, 1.165) is 41.0 Å². The standard InChI is InChI=1S/C16H19N3O2/c1-3-6-21-10-13-9-18-19(2)15(13)11-4-5-14-12(7-11)8-17-16(14)20/h4-5,7,9H,3,6,8,10H2,1-2H3,(H,17,20). The van der Waals surface area contributed by atoms with Crippen LogP contribution in [0.5, 0.6) is 0 Å². The lowest BCUT2D eigenvalue weighted by atomic mass is 10.0. The Balaban J connectivity index is 1.93. The summed E-state index contributed by atoms with van der Waals surface area (Å²) in [7, 11) is 1.93. The van der Waals surface area contributed by atoms with Crippen molar-refractivity contribution >= 4 is 5.91 Å². The van der Waals surface area contributed by atoms with Gasteiger partial charge in [-0.15, -0.1) is 0 Å². The van der Waals surface area contributed by atoms with Gasteiger partial charge < -0.3 is 10.1 Å². The van der Waals surface area contributed by atoms with Crippen molar-refractivity contribution in [3.8, 4) is 11.3 Å². The van der Waals surface area contributed by atoms with Gasteiger partial charge in [0.2, 0.25) is 0 Å². The summed E-state index contributed by atoms with van der Waals surface area (Å²) in [6.45, 7) is 4.00. The van der Waals surface area contributed by atoms with E-state index >= 15 is 0 Å². The van der Waals surface area contributed by atoms with Crippen molar-refractivity contribution < 1.29 is 9.53 Å². The quantitative estimate of drug-likeness (QED) is 0.857. The summed E-state index contributed by atoms with van der Waals surface area (Å²) in [5.74, 6) is 0.00746. The predicted octanol–water partition coefficient (Wildman–Crippen LogP) is 2.26. The van der Waals surface area contributed by atoms with E-state index in [1.807, 2.05) is 30.1 Å². The van der Waals surface area contributed by atoms with E-state index in [0.29, 0.717) is 13.2 Å². The van der Waals surface area contributed by atoms with Gasteiger partial charge in [-0.25, -0.2) is 0 Å². The Labute approximate surface area is 123 Å². The van der Waals surface area contributed by atoms with E-state index in [9.17, 15) is 4.79 Å². The zero-order chi connectivity index (χ0) is 14.8. The number of nitrogens with zero attached hydrogens (tertiary/aromatic N) is 2. The Morgan fingerprint density at radius 1 is 1.43 bits per heavy atom. The average molecular weight is 285 g/mol. The van der Waals surface area contributed by atoms with Gasteiger partial charge in [-0.3, -0.25) is 9.48 Å². The number of carbonyl (C=O) groups excluding carboxylic acids is 1. The van der Waals surface area contributed by atoms with Crippen LogP contribution in [0.25, 0.3) is 11.3 Å². The van der Waals surface area contributed by atoms with Crippen molar-refractivity contribution in [3.05, 3.63) is 41.1 Å². The predicted molar refractivity (Wildman–Crippen MR) is 79.8 cm³/mol. The highest BCUT2D eigenvalue weighted by molar-refractivity contribution is 5.98. The summed E-state index contributed by atoms with van der Waals surface area (Å²) in [5, 5.41) is 7.18. The molecule has 1 amide bonds. The normalized spacial score (nSPS) is 13.3. The van der Waals surface area contributed by atoms with Crippen LogP contribution in [0.3, 0.4) is 0 Å². The summed E-state index contributed by atoms with van der Waals surface area (Å²) in [6.07, 6.45) is 2.85. The van der Waals surface area contributed by atoms with Gasteiger partial charge in [0, 0.05) is 36.9 Å². The second kappa shape index (κ2) is 5.69. The van der Waals surface area contributed by atoms with E-state index in [4.69, 9.17) is 4.74 Å². The molecular formula is C16H19N3O2. The fourth-order valence-corrected chi connectivity index (χ4v) is 2.67.